The first-order valence-corrected chi connectivity index (χ1v) is 1.68. The zero-order valence-electron chi connectivity index (χ0n) is 2.24. The Hall–Kier alpha value is 0.425. The van der Waals surface area contributed by atoms with Crippen molar-refractivity contribution < 1.29 is 4.39 Å². The van der Waals surface area contributed by atoms with Gasteiger partial charge >= 0.3 is 0 Å². The van der Waals surface area contributed by atoms with Crippen LogP contribution in [-0.4, -0.2) is 13.6 Å². The molecule has 0 N–H and O–H groups in total. The first kappa shape index (κ1) is 4.42. The molecule has 0 fully saturated rings. The van der Waals surface area contributed by atoms with Crippen LogP contribution in [0.2, 0.25) is 0 Å². The molecule has 0 aliphatic rings. The fourth-order valence-corrected chi connectivity index (χ4v) is 0. The summed E-state index contributed by atoms with van der Waals surface area (Å²) in [6, 6.07) is 0. The lowest BCUT2D eigenvalue weighted by Crippen LogP contribution is -1.72. The summed E-state index contributed by atoms with van der Waals surface area (Å²) in [5.74, 6) is 0. The number of alkyl halides is 1. The molecule has 0 aliphatic heterocycles. The zero-order chi connectivity index (χ0) is 3.41. The Morgan fingerprint density at radius 1 is 2.00 bits per heavy atom. The third kappa shape index (κ3) is 2.42. The van der Waals surface area contributed by atoms with Crippen LogP contribution in [-0.2, 0) is 0 Å². The number of hydrogen-bond acceptors (Lipinski definition) is 0. The predicted molar refractivity (Wildman–Crippen MR) is 21.4 cm³/mol. The second-order valence-corrected chi connectivity index (χ2v) is 0.861. The summed E-state index contributed by atoms with van der Waals surface area (Å²) in [7, 11) is 2.16. The number of hydrogen-bond donors (Lipinski definition) is 0. The van der Waals surface area contributed by atoms with Crippen LogP contribution < -0.4 is 0 Å². The van der Waals surface area contributed by atoms with Crippen LogP contribution in [0.3, 0.4) is 0 Å². The topological polar surface area (TPSA) is 0 Å². The summed E-state index contributed by atoms with van der Waals surface area (Å²) < 4.78 is 10.6. The van der Waals surface area contributed by atoms with Gasteiger partial charge in [-0.05, 0) is 0 Å². The second-order valence-electron chi connectivity index (χ2n) is 0.390. The van der Waals surface area contributed by atoms with Gasteiger partial charge in [-0.15, -0.1) is 0 Å². The fourth-order valence-electron chi connectivity index (χ4n) is 0. The van der Waals surface area contributed by atoms with E-state index in [0.29, 0.717) is 0 Å². The van der Waals surface area contributed by atoms with Gasteiger partial charge in [-0.25, -0.2) is 0 Å². The van der Waals surface area contributed by atoms with E-state index in [4.69, 9.17) is 0 Å². The van der Waals surface area contributed by atoms with Crippen molar-refractivity contribution in [1.82, 2.24) is 0 Å². The van der Waals surface area contributed by atoms with Crippen molar-refractivity contribution in [3.8, 4) is 0 Å². The maximum atomic E-state index is 10.6. The summed E-state index contributed by atoms with van der Waals surface area (Å²) in [5, 5.41) is 0. The van der Waals surface area contributed by atoms with E-state index in [1.165, 1.54) is 7.00 Å². The van der Waals surface area contributed by atoms with Crippen LogP contribution in [0.5, 0.6) is 0 Å². The van der Waals surface area contributed by atoms with Gasteiger partial charge < -0.3 is 0 Å². The minimum atomic E-state index is -0.343. The maximum absolute atomic E-state index is 10.6. The number of rotatable bonds is 1. The highest BCUT2D eigenvalue weighted by molar-refractivity contribution is 7.55. The van der Waals surface area contributed by atoms with Crippen LogP contribution in [0.15, 0.2) is 0 Å². The highest BCUT2D eigenvalue weighted by atomic mass is 31.0. The first-order chi connectivity index (χ1) is 1.91. The Balaban J connectivity index is 1.97. The van der Waals surface area contributed by atoms with E-state index in [9.17, 15) is 4.39 Å². The molecule has 0 amide bonds. The summed E-state index contributed by atoms with van der Waals surface area (Å²) in [6.45, 7) is 1.03. The minimum Gasteiger partial charge on any atom is -0.261 e. The molecule has 0 bridgehead atoms. The van der Waals surface area contributed by atoms with Gasteiger partial charge in [0.15, 0.2) is 7.00 Å². The van der Waals surface area contributed by atoms with Crippen molar-refractivity contribution in [2.45, 2.75) is 0 Å². The van der Waals surface area contributed by atoms with Crippen LogP contribution in [0.25, 0.3) is 0 Å². The molecule has 0 rings (SSSR count). The predicted octanol–water partition coefficient (Wildman–Crippen LogP) is 0.408. The smallest absolute Gasteiger partial charge is 0.179 e. The van der Waals surface area contributed by atoms with Gasteiger partial charge in [-0.1, -0.05) is 0 Å². The molecule has 0 saturated heterocycles. The van der Waals surface area contributed by atoms with E-state index in [0.717, 1.165) is 0 Å². The van der Waals surface area contributed by atoms with Crippen molar-refractivity contribution in [3.63, 3.8) is 0 Å². The molecule has 0 aromatic carbocycles. The summed E-state index contributed by atoms with van der Waals surface area (Å²) >= 11 is 0. The molecular weight excluding hydrogens is 72.8 g/mol. The fraction of sp³-hybridized carbons (Fsp3) is 1.00. The highest BCUT2D eigenvalue weighted by Crippen LogP contribution is 1.70. The van der Waals surface area contributed by atoms with Gasteiger partial charge in [-0.3, -0.25) is 4.39 Å². The average molecular weight is 76.8 g/mol. The van der Waals surface area contributed by atoms with Gasteiger partial charge in [0.2, 0.25) is 0 Å². The molecular formula is CH4BFP. The Bertz CT molecular complexity index is 10.0. The first-order valence-electron chi connectivity index (χ1n) is 1.01. The SMILES string of the molecule is FC[B]P. The summed E-state index contributed by atoms with van der Waals surface area (Å²) in [4.78, 5) is 0. The monoisotopic (exact) mass is 77.0 g/mol. The van der Waals surface area contributed by atoms with Gasteiger partial charge in [-0.2, -0.15) is 9.12 Å². The van der Waals surface area contributed by atoms with Crippen LogP contribution in [0.1, 0.15) is 0 Å². The van der Waals surface area contributed by atoms with Crippen LogP contribution >= 0.6 is 9.12 Å². The van der Waals surface area contributed by atoms with Crippen molar-refractivity contribution in [2.24, 2.45) is 0 Å². The Morgan fingerprint density at radius 3 is 2.25 bits per heavy atom. The van der Waals surface area contributed by atoms with E-state index in [1.54, 1.807) is 0 Å². The third-order valence-corrected chi connectivity index (χ3v) is 0.267. The molecule has 0 aromatic rings. The normalized spacial score (nSPS) is 6.50. The Morgan fingerprint density at radius 2 is 2.25 bits per heavy atom. The van der Waals surface area contributed by atoms with E-state index in [-0.39, 0.29) is 6.57 Å². The molecule has 1 atom stereocenters. The molecule has 0 saturated carbocycles. The lowest BCUT2D eigenvalue weighted by atomic mass is 10.2. The van der Waals surface area contributed by atoms with Gasteiger partial charge in [0, 0.05) is 0 Å². The average Bonchev–Trinajstić information content (AvgIpc) is 1.37. The largest absolute Gasteiger partial charge is 0.261 e. The van der Waals surface area contributed by atoms with E-state index in [2.05, 4.69) is 9.12 Å². The second kappa shape index (κ2) is 3.42. The highest BCUT2D eigenvalue weighted by Gasteiger charge is 1.66. The lowest BCUT2D eigenvalue weighted by Gasteiger charge is -1.60. The molecule has 1 unspecified atom stereocenters. The van der Waals surface area contributed by atoms with Crippen molar-refractivity contribution in [2.75, 3.05) is 6.57 Å². The quantitative estimate of drug-likeness (QED) is 0.314. The van der Waals surface area contributed by atoms with Crippen molar-refractivity contribution >= 4 is 16.1 Å². The summed E-state index contributed by atoms with van der Waals surface area (Å²) in [6.07, 6.45) is 0. The van der Waals surface area contributed by atoms with Gasteiger partial charge in [0.1, 0.15) is 0 Å². The molecule has 0 spiro atoms. The molecule has 1 radical (unpaired) electrons. The maximum Gasteiger partial charge on any atom is 0.179 e. The van der Waals surface area contributed by atoms with E-state index in [1.807, 2.05) is 0 Å². The lowest BCUT2D eigenvalue weighted by molar-refractivity contribution is 0.597. The Kier molecular flexibility index (Phi) is 3.79. The molecule has 23 valence electrons. The molecule has 0 heterocycles. The molecule has 3 heteroatoms. The standard InChI is InChI=1S/CH4BFP/c3-1-2-4/h1,4H2. The molecule has 4 heavy (non-hydrogen) atoms. The van der Waals surface area contributed by atoms with Crippen LogP contribution in [0, 0.1) is 0 Å². The van der Waals surface area contributed by atoms with E-state index < -0.39 is 0 Å². The van der Waals surface area contributed by atoms with Crippen LogP contribution in [0.4, 0.5) is 4.39 Å². The van der Waals surface area contributed by atoms with E-state index >= 15 is 0 Å². The Labute approximate surface area is 28.2 Å². The number of halogens is 1. The molecule has 0 nitrogen and oxygen atoms in total. The molecule has 0 aliphatic carbocycles. The van der Waals surface area contributed by atoms with Crippen molar-refractivity contribution in [1.29, 1.82) is 0 Å². The summed E-state index contributed by atoms with van der Waals surface area (Å²) in [5.41, 5.74) is 0. The zero-order valence-corrected chi connectivity index (χ0v) is 3.39. The van der Waals surface area contributed by atoms with Crippen molar-refractivity contribution in [3.05, 3.63) is 0 Å². The van der Waals surface area contributed by atoms with Gasteiger partial charge in [0.25, 0.3) is 0 Å². The van der Waals surface area contributed by atoms with Gasteiger partial charge in [0.05, 0.1) is 6.57 Å². The molecule has 0 aromatic heterocycles. The minimum absolute atomic E-state index is 0.343. The third-order valence-electron chi connectivity index (χ3n) is 0.0891.